The second kappa shape index (κ2) is 7.78. The second-order valence-corrected chi connectivity index (χ2v) is 3.54. The molecule has 0 rings (SSSR count). The van der Waals surface area contributed by atoms with E-state index in [9.17, 15) is 22.8 Å². The minimum absolute atomic E-state index is 0.0129. The summed E-state index contributed by atoms with van der Waals surface area (Å²) < 4.78 is 35.3. The van der Waals surface area contributed by atoms with E-state index < -0.39 is 18.8 Å². The van der Waals surface area contributed by atoms with Gasteiger partial charge in [0, 0.05) is 26.1 Å². The molecule has 5 nitrogen and oxygen atoms in total. The summed E-state index contributed by atoms with van der Waals surface area (Å²) >= 11 is 0. The van der Waals surface area contributed by atoms with Crippen molar-refractivity contribution >= 4 is 11.9 Å². The van der Waals surface area contributed by atoms with Gasteiger partial charge in [0.2, 0.25) is 5.91 Å². The molecule has 0 saturated heterocycles. The van der Waals surface area contributed by atoms with Crippen LogP contribution >= 0.6 is 0 Å². The molecule has 0 aliphatic heterocycles. The highest BCUT2D eigenvalue weighted by molar-refractivity contribution is 5.78. The van der Waals surface area contributed by atoms with Crippen molar-refractivity contribution in [2.24, 2.45) is 0 Å². The standard InChI is InChI=1S/C10H18F3N3O2/c1-3-16(4-2)8(17)5-6-14-9(18)15-7-10(11,12)13/h3-7H2,1-2H3,(H2,14,15,18). The number of nitrogens with one attached hydrogen (secondary N) is 2. The van der Waals surface area contributed by atoms with Crippen LogP contribution in [0, 0.1) is 0 Å². The van der Waals surface area contributed by atoms with Crippen molar-refractivity contribution in [1.82, 2.24) is 15.5 Å². The Kier molecular flexibility index (Phi) is 7.14. The minimum Gasteiger partial charge on any atom is -0.343 e. The number of alkyl halides is 3. The first-order chi connectivity index (χ1) is 8.30. The fourth-order valence-electron chi connectivity index (χ4n) is 1.26. The van der Waals surface area contributed by atoms with Crippen molar-refractivity contribution in [2.45, 2.75) is 26.4 Å². The Morgan fingerprint density at radius 2 is 1.67 bits per heavy atom. The largest absolute Gasteiger partial charge is 0.405 e. The molecule has 0 aliphatic carbocycles. The van der Waals surface area contributed by atoms with Crippen molar-refractivity contribution in [1.29, 1.82) is 0 Å². The molecule has 0 aliphatic rings. The molecular weight excluding hydrogens is 251 g/mol. The minimum atomic E-state index is -4.44. The van der Waals surface area contributed by atoms with E-state index in [2.05, 4.69) is 5.32 Å². The molecule has 0 unspecified atom stereocenters. The van der Waals surface area contributed by atoms with Gasteiger partial charge in [-0.3, -0.25) is 4.79 Å². The number of rotatable bonds is 6. The van der Waals surface area contributed by atoms with Crippen molar-refractivity contribution in [3.8, 4) is 0 Å². The van der Waals surface area contributed by atoms with Crippen molar-refractivity contribution < 1.29 is 22.8 Å². The van der Waals surface area contributed by atoms with E-state index in [4.69, 9.17) is 0 Å². The topological polar surface area (TPSA) is 61.4 Å². The third kappa shape index (κ3) is 7.75. The molecule has 0 saturated carbocycles. The van der Waals surface area contributed by atoms with E-state index in [1.165, 1.54) is 0 Å². The van der Waals surface area contributed by atoms with Gasteiger partial charge in [0.25, 0.3) is 0 Å². The van der Waals surface area contributed by atoms with E-state index in [1.807, 2.05) is 13.8 Å². The molecule has 0 atom stereocenters. The van der Waals surface area contributed by atoms with Crippen LogP contribution in [0.5, 0.6) is 0 Å². The highest BCUT2D eigenvalue weighted by atomic mass is 19.4. The zero-order valence-electron chi connectivity index (χ0n) is 10.4. The van der Waals surface area contributed by atoms with Crippen molar-refractivity contribution in [3.63, 3.8) is 0 Å². The predicted molar refractivity (Wildman–Crippen MR) is 60.0 cm³/mol. The van der Waals surface area contributed by atoms with Gasteiger partial charge in [0.05, 0.1) is 0 Å². The monoisotopic (exact) mass is 269 g/mol. The summed E-state index contributed by atoms with van der Waals surface area (Å²) in [6.07, 6.45) is -4.37. The number of carbonyl (C=O) groups is 2. The van der Waals surface area contributed by atoms with Gasteiger partial charge < -0.3 is 15.5 Å². The lowest BCUT2D eigenvalue weighted by atomic mass is 10.3. The van der Waals surface area contributed by atoms with E-state index in [1.54, 1.807) is 10.2 Å². The zero-order chi connectivity index (χ0) is 14.2. The molecule has 0 aromatic heterocycles. The maximum Gasteiger partial charge on any atom is 0.405 e. The summed E-state index contributed by atoms with van der Waals surface area (Å²) in [5.41, 5.74) is 0. The van der Waals surface area contributed by atoms with E-state index in [0.29, 0.717) is 13.1 Å². The summed E-state index contributed by atoms with van der Waals surface area (Å²) in [4.78, 5) is 24.0. The van der Waals surface area contributed by atoms with Gasteiger partial charge in [-0.05, 0) is 13.8 Å². The molecule has 2 N–H and O–H groups in total. The third-order valence-corrected chi connectivity index (χ3v) is 2.19. The molecule has 0 aromatic rings. The van der Waals surface area contributed by atoms with Crippen LogP contribution < -0.4 is 10.6 Å². The molecule has 3 amide bonds. The summed E-state index contributed by atoms with van der Waals surface area (Å²) in [6.45, 7) is 3.41. The van der Waals surface area contributed by atoms with Crippen LogP contribution in [0.25, 0.3) is 0 Å². The van der Waals surface area contributed by atoms with Crippen molar-refractivity contribution in [2.75, 3.05) is 26.2 Å². The van der Waals surface area contributed by atoms with E-state index >= 15 is 0 Å². The fraction of sp³-hybridized carbons (Fsp3) is 0.800. The smallest absolute Gasteiger partial charge is 0.343 e. The first kappa shape index (κ1) is 16.5. The van der Waals surface area contributed by atoms with Crippen LogP contribution in [0.4, 0.5) is 18.0 Å². The van der Waals surface area contributed by atoms with Crippen LogP contribution in [-0.2, 0) is 4.79 Å². The van der Waals surface area contributed by atoms with Crippen molar-refractivity contribution in [3.05, 3.63) is 0 Å². The Hall–Kier alpha value is -1.47. The molecule has 0 fully saturated rings. The van der Waals surface area contributed by atoms with Gasteiger partial charge in [-0.2, -0.15) is 13.2 Å². The second-order valence-electron chi connectivity index (χ2n) is 3.54. The average Bonchev–Trinajstić information content (AvgIpc) is 2.27. The van der Waals surface area contributed by atoms with Crippen LogP contribution in [-0.4, -0.2) is 49.2 Å². The van der Waals surface area contributed by atoms with Gasteiger partial charge in [-0.25, -0.2) is 4.79 Å². The van der Waals surface area contributed by atoms with Gasteiger partial charge in [-0.15, -0.1) is 0 Å². The van der Waals surface area contributed by atoms with Crippen LogP contribution in [0.2, 0.25) is 0 Å². The molecule has 18 heavy (non-hydrogen) atoms. The normalized spacial score (nSPS) is 10.9. The first-order valence-corrected chi connectivity index (χ1v) is 5.66. The number of halogens is 3. The quantitative estimate of drug-likeness (QED) is 0.758. The first-order valence-electron chi connectivity index (χ1n) is 5.66. The molecule has 0 spiro atoms. The van der Waals surface area contributed by atoms with Gasteiger partial charge in [0.15, 0.2) is 0 Å². The number of nitrogens with zero attached hydrogens (tertiary/aromatic N) is 1. The molecule has 0 radical (unpaired) electrons. The lowest BCUT2D eigenvalue weighted by Gasteiger charge is -2.18. The summed E-state index contributed by atoms with van der Waals surface area (Å²) in [5.74, 6) is -0.142. The highest BCUT2D eigenvalue weighted by Crippen LogP contribution is 2.11. The van der Waals surface area contributed by atoms with Gasteiger partial charge in [0.1, 0.15) is 6.54 Å². The zero-order valence-corrected chi connectivity index (χ0v) is 10.4. The van der Waals surface area contributed by atoms with Gasteiger partial charge in [-0.1, -0.05) is 0 Å². The Balaban J connectivity index is 3.78. The Morgan fingerprint density at radius 1 is 1.11 bits per heavy atom. The highest BCUT2D eigenvalue weighted by Gasteiger charge is 2.27. The number of carbonyl (C=O) groups excluding carboxylic acids is 2. The maximum atomic E-state index is 11.8. The summed E-state index contributed by atoms with van der Waals surface area (Å²) in [6, 6.07) is -0.931. The van der Waals surface area contributed by atoms with Crippen LogP contribution in [0.3, 0.4) is 0 Å². The third-order valence-electron chi connectivity index (χ3n) is 2.19. The molecule has 8 heteroatoms. The van der Waals surface area contributed by atoms with Gasteiger partial charge >= 0.3 is 12.2 Å². The van der Waals surface area contributed by atoms with Crippen LogP contribution in [0.15, 0.2) is 0 Å². The van der Waals surface area contributed by atoms with E-state index in [-0.39, 0.29) is 18.9 Å². The fourth-order valence-corrected chi connectivity index (χ4v) is 1.26. The lowest BCUT2D eigenvalue weighted by Crippen LogP contribution is -2.42. The Labute approximate surface area is 104 Å². The Bertz CT molecular complexity index is 278. The molecular formula is C10H18F3N3O2. The summed E-state index contributed by atoms with van der Waals surface area (Å²) in [7, 11) is 0. The maximum absolute atomic E-state index is 11.8. The SMILES string of the molecule is CCN(CC)C(=O)CCNC(=O)NCC(F)(F)F. The van der Waals surface area contributed by atoms with E-state index in [0.717, 1.165) is 0 Å². The molecule has 0 aromatic carbocycles. The average molecular weight is 269 g/mol. The molecule has 0 bridgehead atoms. The Morgan fingerprint density at radius 3 is 2.11 bits per heavy atom. The number of hydrogen-bond donors (Lipinski definition) is 2. The number of amides is 3. The lowest BCUT2D eigenvalue weighted by molar-refractivity contribution is -0.130. The molecule has 106 valence electrons. The van der Waals surface area contributed by atoms with Crippen LogP contribution in [0.1, 0.15) is 20.3 Å². The number of hydrogen-bond acceptors (Lipinski definition) is 2. The predicted octanol–water partition coefficient (Wildman–Crippen LogP) is 1.11. The number of urea groups is 1. The molecule has 0 heterocycles. The summed E-state index contributed by atoms with van der Waals surface area (Å²) in [5, 5.41) is 3.85.